The number of carbonyl (C=O) groups is 1. The van der Waals surface area contributed by atoms with Crippen molar-refractivity contribution in [3.05, 3.63) is 29.3 Å². The Morgan fingerprint density at radius 2 is 2.29 bits per heavy atom. The monoisotopic (exact) mass is 251 g/mol. The van der Waals surface area contributed by atoms with Gasteiger partial charge in [-0.1, -0.05) is 6.07 Å². The second-order valence-electron chi connectivity index (χ2n) is 4.12. The van der Waals surface area contributed by atoms with Crippen LogP contribution in [0.25, 0.3) is 0 Å². The van der Waals surface area contributed by atoms with Crippen LogP contribution in [0.3, 0.4) is 0 Å². The van der Waals surface area contributed by atoms with Gasteiger partial charge in [-0.25, -0.2) is 4.99 Å². The molecule has 0 atom stereocenters. The van der Waals surface area contributed by atoms with Crippen molar-refractivity contribution in [2.24, 2.45) is 10.7 Å². The Labute approximate surface area is 105 Å². The van der Waals surface area contributed by atoms with Crippen molar-refractivity contribution >= 4 is 29.0 Å². The number of halogens is 1. The Bertz CT molecular complexity index is 485. The Morgan fingerprint density at radius 3 is 3.00 bits per heavy atom. The van der Waals surface area contributed by atoms with Crippen molar-refractivity contribution < 1.29 is 4.79 Å². The molecule has 0 saturated carbocycles. The lowest BCUT2D eigenvalue weighted by atomic mass is 9.99. The third-order valence-corrected chi connectivity index (χ3v) is 3.05. The van der Waals surface area contributed by atoms with Gasteiger partial charge >= 0.3 is 0 Å². The summed E-state index contributed by atoms with van der Waals surface area (Å²) in [5.74, 6) is 0.760. The van der Waals surface area contributed by atoms with Crippen LogP contribution in [0.1, 0.15) is 11.1 Å². The minimum atomic E-state index is 0.147. The van der Waals surface area contributed by atoms with E-state index < -0.39 is 0 Å². The van der Waals surface area contributed by atoms with E-state index in [1.165, 1.54) is 0 Å². The van der Waals surface area contributed by atoms with Crippen LogP contribution in [0, 0.1) is 0 Å². The molecule has 4 nitrogen and oxygen atoms in total. The van der Waals surface area contributed by atoms with E-state index in [-0.39, 0.29) is 11.8 Å². The molecule has 1 aliphatic rings. The first-order chi connectivity index (χ1) is 8.10. The van der Waals surface area contributed by atoms with Gasteiger partial charge in [0.25, 0.3) is 0 Å². The molecule has 0 saturated heterocycles. The summed E-state index contributed by atoms with van der Waals surface area (Å²) in [4.78, 5) is 17.4. The molecule has 90 valence electrons. The van der Waals surface area contributed by atoms with Gasteiger partial charge in [0.05, 0.1) is 18.0 Å². The number of likely N-dealkylation sites (N-methyl/N-ethyl adjacent to an activating group) is 1. The average Bonchev–Trinajstić information content (AvgIpc) is 2.31. The fourth-order valence-electron chi connectivity index (χ4n) is 1.84. The number of nitrogens with two attached hydrogens (primary N) is 1. The van der Waals surface area contributed by atoms with Crippen molar-refractivity contribution in [2.45, 2.75) is 13.0 Å². The van der Waals surface area contributed by atoms with Gasteiger partial charge in [-0.2, -0.15) is 0 Å². The first-order valence-electron chi connectivity index (χ1n) is 5.35. The number of hydrogen-bond acceptors (Lipinski definition) is 2. The third kappa shape index (κ3) is 2.58. The molecule has 0 fully saturated rings. The minimum Gasteiger partial charge on any atom is -0.386 e. The van der Waals surface area contributed by atoms with Gasteiger partial charge in [0.2, 0.25) is 5.91 Å². The van der Waals surface area contributed by atoms with E-state index in [0.717, 1.165) is 16.8 Å². The zero-order chi connectivity index (χ0) is 12.4. The number of amides is 1. The quantitative estimate of drug-likeness (QED) is 0.491. The predicted molar refractivity (Wildman–Crippen MR) is 68.6 cm³/mol. The number of carbonyl (C=O) groups excluding carboxylic acids is 1. The van der Waals surface area contributed by atoms with Gasteiger partial charge in [0.15, 0.2) is 0 Å². The van der Waals surface area contributed by atoms with Crippen molar-refractivity contribution in [3.63, 3.8) is 0 Å². The number of rotatable bonds is 2. The Kier molecular flexibility index (Phi) is 3.33. The maximum atomic E-state index is 11.5. The van der Waals surface area contributed by atoms with Crippen LogP contribution < -0.4 is 5.73 Å². The molecule has 1 aromatic carbocycles. The van der Waals surface area contributed by atoms with Crippen LogP contribution in [-0.2, 0) is 17.8 Å². The maximum Gasteiger partial charge on any atom is 0.227 e. The van der Waals surface area contributed by atoms with Crippen LogP contribution >= 0.6 is 11.6 Å². The number of benzene rings is 1. The lowest BCUT2D eigenvalue weighted by Gasteiger charge is -2.25. The van der Waals surface area contributed by atoms with Gasteiger partial charge in [-0.15, -0.1) is 11.6 Å². The molecule has 0 bridgehead atoms. The van der Waals surface area contributed by atoms with E-state index >= 15 is 0 Å². The van der Waals surface area contributed by atoms with E-state index in [2.05, 4.69) is 4.99 Å². The van der Waals surface area contributed by atoms with E-state index in [9.17, 15) is 4.79 Å². The van der Waals surface area contributed by atoms with Crippen LogP contribution in [0.5, 0.6) is 0 Å². The number of alkyl halides is 1. The van der Waals surface area contributed by atoms with Crippen molar-refractivity contribution in [2.75, 3.05) is 12.9 Å². The number of hydrogen-bond donors (Lipinski definition) is 1. The van der Waals surface area contributed by atoms with Crippen LogP contribution in [0.15, 0.2) is 23.2 Å². The summed E-state index contributed by atoms with van der Waals surface area (Å²) in [6, 6.07) is 5.75. The normalized spacial score (nSPS) is 16.0. The second-order valence-corrected chi connectivity index (χ2v) is 4.38. The van der Waals surface area contributed by atoms with E-state index in [1.54, 1.807) is 11.9 Å². The number of nitrogens with zero attached hydrogens (tertiary/aromatic N) is 2. The zero-order valence-electron chi connectivity index (χ0n) is 9.61. The Balaban J connectivity index is 2.32. The summed E-state index contributed by atoms with van der Waals surface area (Å²) in [6.45, 7) is 0.623. The molecule has 1 aromatic rings. The predicted octanol–water partition coefficient (Wildman–Crippen LogP) is 1.43. The number of aliphatic imine (C=N–C) groups is 1. The average molecular weight is 252 g/mol. The van der Waals surface area contributed by atoms with Crippen LogP contribution in [0.4, 0.5) is 5.69 Å². The molecule has 1 aliphatic heterocycles. The molecule has 0 aromatic heterocycles. The van der Waals surface area contributed by atoms with Crippen molar-refractivity contribution in [3.8, 4) is 0 Å². The van der Waals surface area contributed by atoms with Crippen molar-refractivity contribution in [1.29, 1.82) is 0 Å². The SMILES string of the molecule is CN1Cc2cc(N=C(N)CCl)ccc2CC1=O. The first-order valence-corrected chi connectivity index (χ1v) is 5.88. The van der Waals surface area contributed by atoms with Crippen molar-refractivity contribution in [1.82, 2.24) is 4.90 Å². The van der Waals surface area contributed by atoms with Gasteiger partial charge in [0, 0.05) is 13.6 Å². The lowest BCUT2D eigenvalue weighted by molar-refractivity contribution is -0.130. The molecule has 1 heterocycles. The topological polar surface area (TPSA) is 58.7 Å². The third-order valence-electron chi connectivity index (χ3n) is 2.77. The number of fused-ring (bicyclic) bond motifs is 1. The fourth-order valence-corrected chi connectivity index (χ4v) is 1.90. The molecule has 5 heteroatoms. The summed E-state index contributed by atoms with van der Waals surface area (Å²) in [7, 11) is 1.80. The highest BCUT2D eigenvalue weighted by Crippen LogP contribution is 2.24. The van der Waals surface area contributed by atoms with E-state index in [4.69, 9.17) is 17.3 Å². The standard InChI is InChI=1S/C12H14ClN3O/c1-16-7-9-4-10(15-11(14)6-13)3-2-8(9)5-12(16)17/h2-4H,5-7H2,1H3,(H2,14,15). The van der Waals surface area contributed by atoms with Crippen LogP contribution in [0.2, 0.25) is 0 Å². The zero-order valence-corrected chi connectivity index (χ0v) is 10.4. The molecular formula is C12H14ClN3O. The molecule has 2 rings (SSSR count). The van der Waals surface area contributed by atoms with Crippen LogP contribution in [-0.4, -0.2) is 29.6 Å². The van der Waals surface area contributed by atoms with Gasteiger partial charge in [-0.05, 0) is 23.3 Å². The largest absolute Gasteiger partial charge is 0.386 e. The summed E-state index contributed by atoms with van der Waals surface area (Å²) in [6.07, 6.45) is 0.459. The maximum absolute atomic E-state index is 11.5. The second kappa shape index (κ2) is 4.75. The molecular weight excluding hydrogens is 238 g/mol. The van der Waals surface area contributed by atoms with Gasteiger partial charge in [0.1, 0.15) is 5.84 Å². The molecule has 1 amide bonds. The molecule has 17 heavy (non-hydrogen) atoms. The summed E-state index contributed by atoms with van der Waals surface area (Å²) >= 11 is 5.58. The lowest BCUT2D eigenvalue weighted by Crippen LogP contribution is -2.32. The molecule has 0 aliphatic carbocycles. The summed E-state index contributed by atoms with van der Waals surface area (Å²) in [5.41, 5.74) is 8.55. The number of amidine groups is 1. The Morgan fingerprint density at radius 1 is 1.53 bits per heavy atom. The first kappa shape index (κ1) is 11.9. The Hall–Kier alpha value is -1.55. The van der Waals surface area contributed by atoms with E-state index in [1.807, 2.05) is 18.2 Å². The smallest absolute Gasteiger partial charge is 0.227 e. The summed E-state index contributed by atoms with van der Waals surface area (Å²) in [5, 5.41) is 0. The molecule has 0 radical (unpaired) electrons. The highest BCUT2D eigenvalue weighted by Gasteiger charge is 2.19. The van der Waals surface area contributed by atoms with Gasteiger partial charge < -0.3 is 10.6 Å². The van der Waals surface area contributed by atoms with Gasteiger partial charge in [-0.3, -0.25) is 4.79 Å². The fraction of sp³-hybridized carbons (Fsp3) is 0.333. The summed E-state index contributed by atoms with van der Waals surface area (Å²) < 4.78 is 0. The minimum absolute atomic E-state index is 0.147. The highest BCUT2D eigenvalue weighted by molar-refractivity contribution is 6.28. The molecule has 2 N–H and O–H groups in total. The molecule has 0 spiro atoms. The van der Waals surface area contributed by atoms with E-state index in [0.29, 0.717) is 18.8 Å². The highest BCUT2D eigenvalue weighted by atomic mass is 35.5. The molecule has 0 unspecified atom stereocenters.